The van der Waals surface area contributed by atoms with E-state index in [1.54, 1.807) is 12.1 Å². The minimum Gasteiger partial charge on any atom is -0.508 e. The van der Waals surface area contributed by atoms with Gasteiger partial charge in [-0.05, 0) is 49.0 Å². The summed E-state index contributed by atoms with van der Waals surface area (Å²) in [6, 6.07) is 6.16. The predicted molar refractivity (Wildman–Crippen MR) is 143 cm³/mol. The summed E-state index contributed by atoms with van der Waals surface area (Å²) in [5, 5.41) is 60.2. The van der Waals surface area contributed by atoms with Crippen LogP contribution in [0, 0.1) is 17.3 Å². The monoisotopic (exact) mass is 590 g/mol. The molecule has 2 saturated heterocycles. The number of carbonyl (C=O) groups excluding carboxylic acids is 2. The molecule has 11 atom stereocenters. The van der Waals surface area contributed by atoms with Crippen molar-refractivity contribution in [2.75, 3.05) is 6.61 Å². The molecule has 12 heteroatoms. The Bertz CT molecular complexity index is 1210. The maximum absolute atomic E-state index is 13.0. The van der Waals surface area contributed by atoms with Crippen molar-refractivity contribution in [3.8, 4) is 5.75 Å². The van der Waals surface area contributed by atoms with Gasteiger partial charge in [0.25, 0.3) is 0 Å². The van der Waals surface area contributed by atoms with E-state index in [9.17, 15) is 40.2 Å². The normalized spacial score (nSPS) is 39.7. The van der Waals surface area contributed by atoms with Crippen LogP contribution >= 0.6 is 0 Å². The van der Waals surface area contributed by atoms with Gasteiger partial charge in [0.05, 0.1) is 12.9 Å². The first-order chi connectivity index (χ1) is 19.9. The molecule has 4 aliphatic rings. The first kappa shape index (κ1) is 30.5. The van der Waals surface area contributed by atoms with Crippen LogP contribution < -0.4 is 0 Å². The average molecular weight is 591 g/mol. The van der Waals surface area contributed by atoms with Crippen molar-refractivity contribution < 1.29 is 59.2 Å². The highest BCUT2D eigenvalue weighted by molar-refractivity contribution is 5.91. The van der Waals surface area contributed by atoms with Crippen LogP contribution in [0.3, 0.4) is 0 Å². The molecule has 1 aromatic rings. The van der Waals surface area contributed by atoms with Crippen LogP contribution in [-0.4, -0.2) is 98.2 Å². The second kappa shape index (κ2) is 11.9. The lowest BCUT2D eigenvalue weighted by Crippen LogP contribution is -2.59. The Hall–Kier alpha value is -3.00. The maximum Gasteiger partial charge on any atom is 0.335 e. The zero-order valence-corrected chi connectivity index (χ0v) is 23.2. The van der Waals surface area contributed by atoms with Crippen LogP contribution in [0.5, 0.6) is 5.75 Å². The van der Waals surface area contributed by atoms with Crippen molar-refractivity contribution in [2.24, 2.45) is 17.3 Å². The van der Waals surface area contributed by atoms with Crippen LogP contribution in [0.25, 0.3) is 0 Å². The van der Waals surface area contributed by atoms with Gasteiger partial charge in [-0.2, -0.15) is 0 Å². The van der Waals surface area contributed by atoms with E-state index in [4.69, 9.17) is 18.9 Å². The molecular weight excluding hydrogens is 552 g/mol. The number of phenolic OH excluding ortho intramolecular Hbond substituents is 1. The van der Waals surface area contributed by atoms with Gasteiger partial charge in [-0.3, -0.25) is 0 Å². The molecule has 0 aromatic heterocycles. The number of aliphatic hydroxyl groups excluding tert-OH is 5. The zero-order valence-electron chi connectivity index (χ0n) is 23.2. The Morgan fingerprint density at radius 2 is 1.88 bits per heavy atom. The molecule has 2 heterocycles. The molecule has 0 bridgehead atoms. The standard InChI is InChI=1S/C30H38O12/c1-14-18-9-10-30(2)21(41-28(38)19(33)11-15-3-6-17(32)7-4-15)8-5-16(22(30)26(18)42-27(14)37)13-39-29-25(36)24(35)23(34)20(12-31)40-29/h3-4,6-7,13,18-26,29,31-36H,1,5,8-12H2,2H3/t18-,19+,20+,21+,22+,23+,24-,25+,26-,29+,30-/m0/s1. The number of hydrogen-bond acceptors (Lipinski definition) is 12. The first-order valence-corrected chi connectivity index (χ1v) is 14.2. The van der Waals surface area contributed by atoms with Crippen molar-refractivity contribution in [1.29, 1.82) is 0 Å². The molecule has 230 valence electrons. The number of benzene rings is 1. The van der Waals surface area contributed by atoms with Gasteiger partial charge in [0, 0.05) is 29.2 Å². The Balaban J connectivity index is 1.36. The van der Waals surface area contributed by atoms with E-state index >= 15 is 0 Å². The van der Waals surface area contributed by atoms with Gasteiger partial charge >= 0.3 is 11.9 Å². The van der Waals surface area contributed by atoms with Crippen molar-refractivity contribution >= 4 is 11.9 Å². The maximum atomic E-state index is 13.0. The molecule has 5 rings (SSSR count). The van der Waals surface area contributed by atoms with E-state index < -0.39 is 78.9 Å². The number of aliphatic hydroxyl groups is 5. The lowest BCUT2D eigenvalue weighted by Gasteiger charge is -2.53. The topological polar surface area (TPSA) is 192 Å². The summed E-state index contributed by atoms with van der Waals surface area (Å²) < 4.78 is 22.9. The Labute approximate surface area is 242 Å². The number of fused-ring (bicyclic) bond motifs is 3. The fraction of sp³-hybridized carbons (Fsp3) is 0.600. The van der Waals surface area contributed by atoms with Crippen molar-refractivity contribution in [3.05, 3.63) is 53.8 Å². The summed E-state index contributed by atoms with van der Waals surface area (Å²) in [7, 11) is 0. The second-order valence-electron chi connectivity index (χ2n) is 11.9. The van der Waals surface area contributed by atoms with Crippen LogP contribution in [0.15, 0.2) is 48.3 Å². The predicted octanol–water partition coefficient (Wildman–Crippen LogP) is 0.216. The number of carbonyl (C=O) groups is 2. The van der Waals surface area contributed by atoms with E-state index in [0.717, 1.165) is 0 Å². The minimum absolute atomic E-state index is 0.00615. The molecule has 42 heavy (non-hydrogen) atoms. The molecule has 2 aliphatic heterocycles. The molecule has 6 N–H and O–H groups in total. The van der Waals surface area contributed by atoms with E-state index in [1.807, 2.05) is 6.92 Å². The van der Waals surface area contributed by atoms with Gasteiger partial charge in [0.15, 0.2) is 6.10 Å². The number of phenols is 1. The highest BCUT2D eigenvalue weighted by Crippen LogP contribution is 2.58. The highest BCUT2D eigenvalue weighted by atomic mass is 16.7. The van der Waals surface area contributed by atoms with Gasteiger partial charge < -0.3 is 49.6 Å². The van der Waals surface area contributed by atoms with Crippen molar-refractivity contribution in [3.63, 3.8) is 0 Å². The summed E-state index contributed by atoms with van der Waals surface area (Å²) in [4.78, 5) is 25.5. The zero-order chi connectivity index (χ0) is 30.3. The molecule has 12 nitrogen and oxygen atoms in total. The van der Waals surface area contributed by atoms with E-state index in [-0.39, 0.29) is 18.1 Å². The summed E-state index contributed by atoms with van der Waals surface area (Å²) in [6.07, 6.45) is -6.64. The molecule has 0 amide bonds. The number of esters is 2. The Morgan fingerprint density at radius 3 is 2.57 bits per heavy atom. The van der Waals surface area contributed by atoms with Crippen LogP contribution in [-0.2, 0) is 35.0 Å². The van der Waals surface area contributed by atoms with Gasteiger partial charge in [0.1, 0.15) is 42.4 Å². The summed E-state index contributed by atoms with van der Waals surface area (Å²) in [5.74, 6) is -1.92. The van der Waals surface area contributed by atoms with Crippen LogP contribution in [0.4, 0.5) is 0 Å². The van der Waals surface area contributed by atoms with Crippen LogP contribution in [0.1, 0.15) is 38.2 Å². The van der Waals surface area contributed by atoms with Crippen molar-refractivity contribution in [1.82, 2.24) is 0 Å². The molecule has 1 aromatic carbocycles. The van der Waals surface area contributed by atoms with Crippen LogP contribution in [0.2, 0.25) is 0 Å². The summed E-state index contributed by atoms with van der Waals surface area (Å²) in [5.41, 5.74) is 1.02. The molecule has 4 fully saturated rings. The minimum atomic E-state index is -1.61. The summed E-state index contributed by atoms with van der Waals surface area (Å²) >= 11 is 0. The number of rotatable bonds is 7. The third kappa shape index (κ3) is 5.54. The summed E-state index contributed by atoms with van der Waals surface area (Å²) in [6.45, 7) is 5.25. The Morgan fingerprint density at radius 1 is 1.17 bits per heavy atom. The molecule has 0 unspecified atom stereocenters. The molecule has 2 saturated carbocycles. The SMILES string of the molecule is C=C1C(=O)O[C@@H]2[C@H]3C(=CO[C@@H]4O[C@H](CO)[C@@H](O)[C@H](O)[C@H]4O)CC[C@@H](OC(=O)[C@H](O)Cc4ccc(O)cc4)[C@]3(C)CC[C@@H]12. The van der Waals surface area contributed by atoms with E-state index in [1.165, 1.54) is 18.4 Å². The Kier molecular flexibility index (Phi) is 8.66. The number of aromatic hydroxyl groups is 1. The molecule has 2 aliphatic carbocycles. The fourth-order valence-corrected chi connectivity index (χ4v) is 6.86. The lowest BCUT2D eigenvalue weighted by atomic mass is 9.54. The number of ether oxygens (including phenoxy) is 4. The molecular formula is C30H38O12. The van der Waals surface area contributed by atoms with Gasteiger partial charge in [0.2, 0.25) is 6.29 Å². The van der Waals surface area contributed by atoms with Crippen molar-refractivity contribution in [2.45, 2.75) is 88.0 Å². The lowest BCUT2D eigenvalue weighted by molar-refractivity contribution is -0.288. The quantitative estimate of drug-likeness (QED) is 0.144. The number of hydrogen-bond donors (Lipinski definition) is 6. The third-order valence-electron chi connectivity index (χ3n) is 9.31. The van der Waals surface area contributed by atoms with Gasteiger partial charge in [-0.1, -0.05) is 25.6 Å². The van der Waals surface area contributed by atoms with E-state index in [2.05, 4.69) is 6.58 Å². The van der Waals surface area contributed by atoms with Gasteiger partial charge in [-0.15, -0.1) is 0 Å². The highest BCUT2D eigenvalue weighted by Gasteiger charge is 2.60. The fourth-order valence-electron chi connectivity index (χ4n) is 6.86. The average Bonchev–Trinajstić information content (AvgIpc) is 3.26. The van der Waals surface area contributed by atoms with Gasteiger partial charge in [-0.25, -0.2) is 9.59 Å². The largest absolute Gasteiger partial charge is 0.508 e. The molecule has 0 spiro atoms. The van der Waals surface area contributed by atoms with E-state index in [0.29, 0.717) is 42.4 Å². The third-order valence-corrected chi connectivity index (χ3v) is 9.31. The second-order valence-corrected chi connectivity index (χ2v) is 11.9. The smallest absolute Gasteiger partial charge is 0.335 e. The first-order valence-electron chi connectivity index (χ1n) is 14.2. The molecule has 0 radical (unpaired) electrons.